The Kier molecular flexibility index (Phi) is 5.65. The van der Waals surface area contributed by atoms with Crippen LogP contribution >= 0.6 is 0 Å². The van der Waals surface area contributed by atoms with Gasteiger partial charge in [-0.25, -0.2) is 4.79 Å². The van der Waals surface area contributed by atoms with E-state index in [0.717, 1.165) is 34.9 Å². The van der Waals surface area contributed by atoms with Crippen LogP contribution in [0.1, 0.15) is 35.6 Å². The summed E-state index contributed by atoms with van der Waals surface area (Å²) in [6, 6.07) is 13.1. The third kappa shape index (κ3) is 4.34. The quantitative estimate of drug-likeness (QED) is 0.623. The molecule has 5 nitrogen and oxygen atoms in total. The minimum absolute atomic E-state index is 0.163. The Labute approximate surface area is 170 Å². The molecule has 3 aromatic rings. The van der Waals surface area contributed by atoms with Crippen molar-refractivity contribution < 1.29 is 18.7 Å². The Morgan fingerprint density at radius 3 is 2.66 bits per heavy atom. The van der Waals surface area contributed by atoms with Gasteiger partial charge in [0.1, 0.15) is 11.6 Å². The number of furan rings is 1. The number of fused-ring (bicyclic) bond motifs is 2. The highest BCUT2D eigenvalue weighted by Gasteiger charge is 2.23. The summed E-state index contributed by atoms with van der Waals surface area (Å²) in [4.78, 5) is 25.1. The number of hydrogen-bond acceptors (Lipinski definition) is 4. The fourth-order valence-corrected chi connectivity index (χ4v) is 3.99. The number of nitrogens with one attached hydrogen (secondary N) is 1. The number of rotatable bonds is 7. The minimum Gasteiger partial charge on any atom is -0.464 e. The van der Waals surface area contributed by atoms with Gasteiger partial charge in [0.25, 0.3) is 0 Å². The lowest BCUT2D eigenvalue weighted by molar-refractivity contribution is -0.147. The van der Waals surface area contributed by atoms with Crippen molar-refractivity contribution in [2.45, 2.75) is 45.1 Å². The fourth-order valence-electron chi connectivity index (χ4n) is 3.99. The monoisotopic (exact) mass is 391 g/mol. The lowest BCUT2D eigenvalue weighted by Crippen LogP contribution is -2.44. The van der Waals surface area contributed by atoms with Gasteiger partial charge in [-0.2, -0.15) is 0 Å². The summed E-state index contributed by atoms with van der Waals surface area (Å²) < 4.78 is 10.9. The van der Waals surface area contributed by atoms with Crippen molar-refractivity contribution in [2.75, 3.05) is 6.61 Å². The third-order valence-electron chi connectivity index (χ3n) is 5.41. The Balaban J connectivity index is 1.49. The summed E-state index contributed by atoms with van der Waals surface area (Å²) in [6.45, 7) is 2.03. The second kappa shape index (κ2) is 8.52. The summed E-state index contributed by atoms with van der Waals surface area (Å²) in [7, 11) is 0. The first-order valence-corrected chi connectivity index (χ1v) is 10.2. The molecule has 0 saturated carbocycles. The second-order valence-corrected chi connectivity index (χ2v) is 7.47. The molecule has 1 aromatic heterocycles. The number of amides is 1. The number of esters is 1. The molecule has 1 N–H and O–H groups in total. The van der Waals surface area contributed by atoms with Gasteiger partial charge in [-0.05, 0) is 55.0 Å². The maximum absolute atomic E-state index is 12.7. The van der Waals surface area contributed by atoms with Crippen LogP contribution in [0.3, 0.4) is 0 Å². The zero-order valence-electron chi connectivity index (χ0n) is 16.6. The van der Waals surface area contributed by atoms with E-state index in [0.29, 0.717) is 6.42 Å². The number of ether oxygens (including phenoxy) is 1. The van der Waals surface area contributed by atoms with E-state index in [9.17, 15) is 9.59 Å². The molecule has 0 bridgehead atoms. The first-order valence-electron chi connectivity index (χ1n) is 10.2. The highest BCUT2D eigenvalue weighted by Crippen LogP contribution is 2.30. The lowest BCUT2D eigenvalue weighted by Gasteiger charge is -2.17. The first kappa shape index (κ1) is 19.2. The van der Waals surface area contributed by atoms with Crippen LogP contribution < -0.4 is 5.32 Å². The molecule has 0 radical (unpaired) electrons. The van der Waals surface area contributed by atoms with Crippen molar-refractivity contribution in [1.82, 2.24) is 5.32 Å². The highest BCUT2D eigenvalue weighted by molar-refractivity contribution is 5.90. The highest BCUT2D eigenvalue weighted by atomic mass is 16.5. The Morgan fingerprint density at radius 2 is 1.90 bits per heavy atom. The predicted molar refractivity (Wildman–Crippen MR) is 111 cm³/mol. The SMILES string of the molecule is CCOC(=O)[C@H](Cc1ccccc1)NC(=O)Cc1coc2cc3c(cc12)CCC3. The predicted octanol–water partition coefficient (Wildman–Crippen LogP) is 3.75. The Bertz CT molecular complexity index is 1020. The maximum Gasteiger partial charge on any atom is 0.328 e. The van der Waals surface area contributed by atoms with E-state index in [-0.39, 0.29) is 18.9 Å². The summed E-state index contributed by atoms with van der Waals surface area (Å²) in [5.41, 5.74) is 5.31. The average Bonchev–Trinajstić information content (AvgIpc) is 3.33. The van der Waals surface area contributed by atoms with Crippen molar-refractivity contribution in [3.63, 3.8) is 0 Å². The van der Waals surface area contributed by atoms with Crippen molar-refractivity contribution in [1.29, 1.82) is 0 Å². The van der Waals surface area contributed by atoms with Crippen molar-refractivity contribution in [3.05, 3.63) is 71.0 Å². The summed E-state index contributed by atoms with van der Waals surface area (Å²) >= 11 is 0. The summed E-state index contributed by atoms with van der Waals surface area (Å²) in [5.74, 6) is -0.637. The van der Waals surface area contributed by atoms with Crippen LogP contribution in [0.5, 0.6) is 0 Å². The van der Waals surface area contributed by atoms with Crippen LogP contribution in [-0.4, -0.2) is 24.5 Å². The van der Waals surface area contributed by atoms with Gasteiger partial charge < -0.3 is 14.5 Å². The molecule has 150 valence electrons. The van der Waals surface area contributed by atoms with Gasteiger partial charge in [-0.1, -0.05) is 30.3 Å². The zero-order chi connectivity index (χ0) is 20.2. The smallest absolute Gasteiger partial charge is 0.328 e. The number of carbonyl (C=O) groups is 2. The molecule has 1 aliphatic carbocycles. The first-order chi connectivity index (χ1) is 14.1. The molecule has 0 fully saturated rings. The van der Waals surface area contributed by atoms with Gasteiger partial charge in [0, 0.05) is 17.4 Å². The molecular formula is C24H25NO4. The minimum atomic E-state index is -0.715. The molecule has 29 heavy (non-hydrogen) atoms. The molecule has 4 rings (SSSR count). The molecule has 1 heterocycles. The van der Waals surface area contributed by atoms with Gasteiger partial charge in [0.2, 0.25) is 5.91 Å². The lowest BCUT2D eigenvalue weighted by atomic mass is 10.0. The van der Waals surface area contributed by atoms with E-state index in [1.165, 1.54) is 17.5 Å². The molecule has 0 saturated heterocycles. The molecule has 0 spiro atoms. The molecule has 0 aliphatic heterocycles. The van der Waals surface area contributed by atoms with Gasteiger partial charge in [-0.15, -0.1) is 0 Å². The molecule has 1 amide bonds. The van der Waals surface area contributed by atoms with Crippen LogP contribution in [0.15, 0.2) is 53.1 Å². The van der Waals surface area contributed by atoms with Crippen molar-refractivity contribution in [2.24, 2.45) is 0 Å². The molecule has 2 aromatic carbocycles. The fraction of sp³-hybridized carbons (Fsp3) is 0.333. The number of hydrogen-bond donors (Lipinski definition) is 1. The van der Waals surface area contributed by atoms with Crippen LogP contribution in [0.4, 0.5) is 0 Å². The van der Waals surface area contributed by atoms with E-state index in [2.05, 4.69) is 17.4 Å². The van der Waals surface area contributed by atoms with E-state index in [1.54, 1.807) is 13.2 Å². The van der Waals surface area contributed by atoms with E-state index in [4.69, 9.17) is 9.15 Å². The second-order valence-electron chi connectivity index (χ2n) is 7.47. The summed E-state index contributed by atoms with van der Waals surface area (Å²) in [5, 5.41) is 3.83. The Morgan fingerprint density at radius 1 is 1.14 bits per heavy atom. The maximum atomic E-state index is 12.7. The Hall–Kier alpha value is -3.08. The number of benzene rings is 2. The van der Waals surface area contributed by atoms with E-state index < -0.39 is 12.0 Å². The van der Waals surface area contributed by atoms with Crippen LogP contribution in [0.2, 0.25) is 0 Å². The van der Waals surface area contributed by atoms with E-state index >= 15 is 0 Å². The van der Waals surface area contributed by atoms with Crippen LogP contribution in [-0.2, 0) is 40.0 Å². The molecule has 5 heteroatoms. The van der Waals surface area contributed by atoms with Crippen LogP contribution in [0, 0.1) is 0 Å². The van der Waals surface area contributed by atoms with Gasteiger partial charge in [-0.3, -0.25) is 4.79 Å². The van der Waals surface area contributed by atoms with Crippen molar-refractivity contribution in [3.8, 4) is 0 Å². The van der Waals surface area contributed by atoms with Crippen LogP contribution in [0.25, 0.3) is 11.0 Å². The summed E-state index contributed by atoms with van der Waals surface area (Å²) in [6.07, 6.45) is 5.53. The largest absolute Gasteiger partial charge is 0.464 e. The van der Waals surface area contributed by atoms with Gasteiger partial charge >= 0.3 is 5.97 Å². The average molecular weight is 391 g/mol. The topological polar surface area (TPSA) is 68.5 Å². The van der Waals surface area contributed by atoms with E-state index in [1.807, 2.05) is 30.3 Å². The molecule has 1 atom stereocenters. The standard InChI is InChI=1S/C24H25NO4/c1-2-28-24(27)21(11-16-7-4-3-5-8-16)25-23(26)14-19-15-29-22-13-18-10-6-9-17(18)12-20(19)22/h3-5,7-8,12-13,15,21H,2,6,9-11,14H2,1H3,(H,25,26)/t21-/m0/s1. The van der Waals surface area contributed by atoms with Crippen molar-refractivity contribution >= 4 is 22.8 Å². The molecule has 1 aliphatic rings. The molecular weight excluding hydrogens is 366 g/mol. The normalized spacial score (nSPS) is 13.8. The third-order valence-corrected chi connectivity index (χ3v) is 5.41. The van der Waals surface area contributed by atoms with Gasteiger partial charge in [0.15, 0.2) is 0 Å². The molecule has 0 unspecified atom stereocenters. The number of aryl methyl sites for hydroxylation is 2. The zero-order valence-corrected chi connectivity index (χ0v) is 16.6. The number of carbonyl (C=O) groups excluding carboxylic acids is 2. The van der Waals surface area contributed by atoms with Gasteiger partial charge in [0.05, 0.1) is 19.3 Å².